The topological polar surface area (TPSA) is 51.8 Å². The van der Waals surface area contributed by atoms with Crippen molar-refractivity contribution in [2.45, 2.75) is 19.9 Å². The molecule has 4 rings (SSSR count). The maximum absolute atomic E-state index is 5.95. The van der Waals surface area contributed by atoms with E-state index >= 15 is 0 Å². The second-order valence-corrected chi connectivity index (χ2v) is 9.56. The Balaban J connectivity index is 1.53. The minimum Gasteiger partial charge on any atom is -0.324 e. The van der Waals surface area contributed by atoms with E-state index in [0.717, 1.165) is 22.5 Å². The average molecular weight is 430 g/mol. The Morgan fingerprint density at radius 2 is 1.33 bits per heavy atom. The van der Waals surface area contributed by atoms with E-state index < -0.39 is 0 Å². The molecule has 1 atom stereocenters. The van der Waals surface area contributed by atoms with Gasteiger partial charge in [-0.25, -0.2) is 0 Å². The molecular formula is C25H23N3S2. The molecule has 0 amide bonds. The van der Waals surface area contributed by atoms with Crippen molar-refractivity contribution in [3.63, 3.8) is 0 Å². The molecule has 0 bridgehead atoms. The fraction of sp³-hybridized carbons (Fsp3) is 0.120. The summed E-state index contributed by atoms with van der Waals surface area (Å²) in [6.07, 6.45) is 12.1. The minimum atomic E-state index is 0.0703. The van der Waals surface area contributed by atoms with Crippen molar-refractivity contribution in [3.8, 4) is 11.4 Å². The lowest BCUT2D eigenvalue weighted by Crippen LogP contribution is -2.01. The highest BCUT2D eigenvalue weighted by molar-refractivity contribution is 7.13. The molecule has 2 N–H and O–H groups in total. The van der Waals surface area contributed by atoms with Crippen LogP contribution in [0, 0.1) is 6.92 Å². The lowest BCUT2D eigenvalue weighted by atomic mass is 10.1. The standard InChI is InChI=1S/C25H23N3S2/c1-17-3-6-21(29-17)7-4-19-11-13-27-23(15-19)24-16-20(12-14-28-24)5-8-22-9-10-25(30-22)18(2)26/h3-16,18H,26H2,1-2H3/b7-4+,8-5+. The van der Waals surface area contributed by atoms with Crippen molar-refractivity contribution < 1.29 is 0 Å². The van der Waals surface area contributed by atoms with Gasteiger partial charge in [0.1, 0.15) is 0 Å². The van der Waals surface area contributed by atoms with Gasteiger partial charge in [0.05, 0.1) is 11.4 Å². The van der Waals surface area contributed by atoms with E-state index in [4.69, 9.17) is 5.73 Å². The van der Waals surface area contributed by atoms with Crippen LogP contribution < -0.4 is 5.73 Å². The molecule has 0 saturated carbocycles. The van der Waals surface area contributed by atoms with Gasteiger partial charge in [-0.05, 0) is 85.7 Å². The van der Waals surface area contributed by atoms with E-state index in [1.807, 2.05) is 31.5 Å². The van der Waals surface area contributed by atoms with Crippen molar-refractivity contribution in [1.82, 2.24) is 9.97 Å². The second-order valence-electron chi connectivity index (χ2n) is 7.09. The summed E-state index contributed by atoms with van der Waals surface area (Å²) in [4.78, 5) is 14.0. The van der Waals surface area contributed by atoms with E-state index in [-0.39, 0.29) is 6.04 Å². The normalized spacial score (nSPS) is 12.8. The van der Waals surface area contributed by atoms with Crippen molar-refractivity contribution >= 4 is 47.0 Å². The molecule has 4 heterocycles. The van der Waals surface area contributed by atoms with Crippen molar-refractivity contribution in [2.75, 3.05) is 0 Å². The third-order valence-electron chi connectivity index (χ3n) is 4.57. The number of pyridine rings is 2. The molecular weight excluding hydrogens is 406 g/mol. The first-order chi connectivity index (χ1) is 14.6. The number of aromatic nitrogens is 2. The predicted octanol–water partition coefficient (Wildman–Crippen LogP) is 6.94. The number of hydrogen-bond donors (Lipinski definition) is 1. The molecule has 0 aromatic carbocycles. The van der Waals surface area contributed by atoms with E-state index in [0.29, 0.717) is 0 Å². The van der Waals surface area contributed by atoms with Gasteiger partial charge in [0.25, 0.3) is 0 Å². The van der Waals surface area contributed by atoms with Crippen LogP contribution in [0.2, 0.25) is 0 Å². The molecule has 0 aliphatic heterocycles. The third-order valence-corrected chi connectivity index (χ3v) is 6.79. The Morgan fingerprint density at radius 3 is 1.83 bits per heavy atom. The number of thiophene rings is 2. The summed E-state index contributed by atoms with van der Waals surface area (Å²) in [6, 6.07) is 16.7. The van der Waals surface area contributed by atoms with Gasteiger partial charge < -0.3 is 5.73 Å². The number of aryl methyl sites for hydroxylation is 1. The van der Waals surface area contributed by atoms with Crippen LogP contribution in [0.3, 0.4) is 0 Å². The Morgan fingerprint density at radius 1 is 0.767 bits per heavy atom. The van der Waals surface area contributed by atoms with Gasteiger partial charge in [0.2, 0.25) is 0 Å². The molecule has 0 fully saturated rings. The third kappa shape index (κ3) is 5.19. The van der Waals surface area contributed by atoms with Crippen LogP contribution in [0.4, 0.5) is 0 Å². The number of rotatable bonds is 6. The van der Waals surface area contributed by atoms with Gasteiger partial charge in [-0.2, -0.15) is 0 Å². The summed E-state index contributed by atoms with van der Waals surface area (Å²) in [7, 11) is 0. The SMILES string of the molecule is Cc1ccc(/C=C/c2ccnc(-c3cc(/C=C/c4ccc(C(C)N)s4)ccn3)c2)s1. The molecule has 1 unspecified atom stereocenters. The molecule has 4 aromatic heterocycles. The quantitative estimate of drug-likeness (QED) is 0.361. The first kappa shape index (κ1) is 20.4. The summed E-state index contributed by atoms with van der Waals surface area (Å²) in [5.74, 6) is 0. The van der Waals surface area contributed by atoms with Gasteiger partial charge in [-0.1, -0.05) is 12.2 Å². The Labute approximate surface area is 185 Å². The zero-order valence-corrected chi connectivity index (χ0v) is 18.6. The average Bonchev–Trinajstić information content (AvgIpc) is 3.40. The van der Waals surface area contributed by atoms with Crippen molar-refractivity contribution in [2.24, 2.45) is 5.73 Å². The van der Waals surface area contributed by atoms with Crippen LogP contribution in [0.5, 0.6) is 0 Å². The summed E-state index contributed by atoms with van der Waals surface area (Å²) in [5, 5.41) is 0. The monoisotopic (exact) mass is 429 g/mol. The number of nitrogens with zero attached hydrogens (tertiary/aromatic N) is 2. The zero-order chi connectivity index (χ0) is 20.9. The van der Waals surface area contributed by atoms with Crippen LogP contribution in [0.25, 0.3) is 35.7 Å². The first-order valence-electron chi connectivity index (χ1n) is 9.77. The molecule has 0 aliphatic rings. The summed E-state index contributed by atoms with van der Waals surface area (Å²) in [5.41, 5.74) is 9.88. The summed E-state index contributed by atoms with van der Waals surface area (Å²) >= 11 is 3.51. The van der Waals surface area contributed by atoms with E-state index in [2.05, 4.69) is 77.6 Å². The zero-order valence-electron chi connectivity index (χ0n) is 16.9. The maximum Gasteiger partial charge on any atom is 0.0892 e. The number of hydrogen-bond acceptors (Lipinski definition) is 5. The van der Waals surface area contributed by atoms with Crippen LogP contribution in [-0.4, -0.2) is 9.97 Å². The van der Waals surface area contributed by atoms with Gasteiger partial charge >= 0.3 is 0 Å². The molecule has 30 heavy (non-hydrogen) atoms. The Kier molecular flexibility index (Phi) is 6.33. The lowest BCUT2D eigenvalue weighted by molar-refractivity contribution is 0.838. The molecule has 0 spiro atoms. The summed E-state index contributed by atoms with van der Waals surface area (Å²) < 4.78 is 0. The fourth-order valence-corrected chi connectivity index (χ4v) is 4.63. The van der Waals surface area contributed by atoms with Crippen LogP contribution in [0.1, 0.15) is 43.6 Å². The van der Waals surface area contributed by atoms with Gasteiger partial charge in [0, 0.05) is 37.9 Å². The smallest absolute Gasteiger partial charge is 0.0892 e. The molecule has 3 nitrogen and oxygen atoms in total. The molecule has 150 valence electrons. The second kappa shape index (κ2) is 9.30. The molecule has 4 aromatic rings. The molecule has 0 saturated heterocycles. The van der Waals surface area contributed by atoms with Gasteiger partial charge in [0.15, 0.2) is 0 Å². The van der Waals surface area contributed by atoms with Crippen molar-refractivity contribution in [3.05, 3.63) is 91.6 Å². The minimum absolute atomic E-state index is 0.0703. The largest absolute Gasteiger partial charge is 0.324 e. The van der Waals surface area contributed by atoms with Crippen LogP contribution in [-0.2, 0) is 0 Å². The highest BCUT2D eigenvalue weighted by atomic mass is 32.1. The van der Waals surface area contributed by atoms with Crippen molar-refractivity contribution in [1.29, 1.82) is 0 Å². The van der Waals surface area contributed by atoms with Gasteiger partial charge in [-0.15, -0.1) is 22.7 Å². The Bertz CT molecular complexity index is 1200. The van der Waals surface area contributed by atoms with Gasteiger partial charge in [-0.3, -0.25) is 9.97 Å². The first-order valence-corrected chi connectivity index (χ1v) is 11.4. The van der Waals surface area contributed by atoms with E-state index in [1.54, 1.807) is 22.7 Å². The van der Waals surface area contributed by atoms with Crippen LogP contribution in [0.15, 0.2) is 60.9 Å². The highest BCUT2D eigenvalue weighted by Gasteiger charge is 2.04. The molecule has 0 radical (unpaired) electrons. The van der Waals surface area contributed by atoms with E-state index in [9.17, 15) is 0 Å². The molecule has 0 aliphatic carbocycles. The highest BCUT2D eigenvalue weighted by Crippen LogP contribution is 2.24. The predicted molar refractivity (Wildman–Crippen MR) is 131 cm³/mol. The van der Waals surface area contributed by atoms with Crippen LogP contribution >= 0.6 is 22.7 Å². The number of nitrogens with two attached hydrogens (primary N) is 1. The lowest BCUT2D eigenvalue weighted by Gasteiger charge is -2.03. The van der Waals surface area contributed by atoms with E-state index in [1.165, 1.54) is 19.5 Å². The Hall–Kier alpha value is -2.86. The summed E-state index contributed by atoms with van der Waals surface area (Å²) in [6.45, 7) is 4.13. The maximum atomic E-state index is 5.95. The fourth-order valence-electron chi connectivity index (χ4n) is 2.98. The molecule has 5 heteroatoms.